The SMILES string of the molecule is C=C(C)C(C)(C)[C@@H](O)[C@H](C)c1ccccc1. The second-order valence-electron chi connectivity index (χ2n) is 5.15. The van der Waals surface area contributed by atoms with Gasteiger partial charge in [0, 0.05) is 11.3 Å². The molecule has 0 fully saturated rings. The lowest BCUT2D eigenvalue weighted by Crippen LogP contribution is -2.34. The first-order chi connectivity index (χ1) is 7.37. The number of hydrogen-bond donors (Lipinski definition) is 1. The summed E-state index contributed by atoms with van der Waals surface area (Å²) < 4.78 is 0. The van der Waals surface area contributed by atoms with E-state index in [0.29, 0.717) is 0 Å². The molecule has 16 heavy (non-hydrogen) atoms. The Morgan fingerprint density at radius 3 is 2.19 bits per heavy atom. The van der Waals surface area contributed by atoms with E-state index >= 15 is 0 Å². The minimum absolute atomic E-state index is 0.118. The fraction of sp³-hybridized carbons (Fsp3) is 0.467. The van der Waals surface area contributed by atoms with Crippen LogP contribution in [0.5, 0.6) is 0 Å². The van der Waals surface area contributed by atoms with Gasteiger partial charge in [0.2, 0.25) is 0 Å². The zero-order valence-electron chi connectivity index (χ0n) is 10.7. The van der Waals surface area contributed by atoms with Gasteiger partial charge in [-0.15, -0.1) is 0 Å². The lowest BCUT2D eigenvalue weighted by Gasteiger charge is -2.35. The zero-order chi connectivity index (χ0) is 12.3. The van der Waals surface area contributed by atoms with Crippen LogP contribution in [0.3, 0.4) is 0 Å². The summed E-state index contributed by atoms with van der Waals surface area (Å²) in [5.41, 5.74) is 1.93. The van der Waals surface area contributed by atoms with E-state index in [1.165, 1.54) is 5.56 Å². The summed E-state index contributed by atoms with van der Waals surface area (Å²) >= 11 is 0. The van der Waals surface area contributed by atoms with Gasteiger partial charge in [-0.2, -0.15) is 0 Å². The van der Waals surface area contributed by atoms with Gasteiger partial charge in [-0.3, -0.25) is 0 Å². The third-order valence-corrected chi connectivity index (χ3v) is 3.64. The molecule has 0 saturated carbocycles. The molecule has 88 valence electrons. The Hall–Kier alpha value is -1.08. The van der Waals surface area contributed by atoms with E-state index in [1.807, 2.05) is 39.0 Å². The normalized spacial score (nSPS) is 15.6. The minimum Gasteiger partial charge on any atom is -0.392 e. The van der Waals surface area contributed by atoms with E-state index in [0.717, 1.165) is 5.57 Å². The molecule has 1 rings (SSSR count). The molecule has 2 atom stereocenters. The molecule has 0 aliphatic carbocycles. The molecule has 0 saturated heterocycles. The van der Waals surface area contributed by atoms with E-state index in [-0.39, 0.29) is 11.3 Å². The van der Waals surface area contributed by atoms with Crippen LogP contribution in [-0.4, -0.2) is 11.2 Å². The van der Waals surface area contributed by atoms with Crippen molar-refractivity contribution in [1.29, 1.82) is 0 Å². The summed E-state index contributed by atoms with van der Waals surface area (Å²) in [6, 6.07) is 10.1. The van der Waals surface area contributed by atoms with E-state index in [9.17, 15) is 5.11 Å². The highest BCUT2D eigenvalue weighted by atomic mass is 16.3. The average molecular weight is 218 g/mol. The molecule has 0 heterocycles. The quantitative estimate of drug-likeness (QED) is 0.763. The van der Waals surface area contributed by atoms with Gasteiger partial charge in [0.25, 0.3) is 0 Å². The van der Waals surface area contributed by atoms with Crippen LogP contribution < -0.4 is 0 Å². The van der Waals surface area contributed by atoms with Gasteiger partial charge >= 0.3 is 0 Å². The van der Waals surface area contributed by atoms with E-state index < -0.39 is 6.10 Å². The molecule has 0 aliphatic rings. The maximum atomic E-state index is 10.4. The highest BCUT2D eigenvalue weighted by Gasteiger charge is 2.33. The Kier molecular flexibility index (Phi) is 3.93. The Morgan fingerprint density at radius 2 is 1.75 bits per heavy atom. The molecule has 0 aliphatic heterocycles. The Bertz CT molecular complexity index is 351. The van der Waals surface area contributed by atoms with E-state index in [4.69, 9.17) is 0 Å². The summed E-state index contributed by atoms with van der Waals surface area (Å²) in [4.78, 5) is 0. The molecule has 1 nitrogen and oxygen atoms in total. The molecule has 0 bridgehead atoms. The maximum Gasteiger partial charge on any atom is 0.0693 e. The number of hydrogen-bond acceptors (Lipinski definition) is 1. The van der Waals surface area contributed by atoms with Crippen LogP contribution in [0.1, 0.15) is 39.2 Å². The monoisotopic (exact) mass is 218 g/mol. The first-order valence-corrected chi connectivity index (χ1v) is 5.76. The lowest BCUT2D eigenvalue weighted by atomic mass is 9.74. The zero-order valence-corrected chi connectivity index (χ0v) is 10.7. The van der Waals surface area contributed by atoms with Crippen LogP contribution in [0.4, 0.5) is 0 Å². The lowest BCUT2D eigenvalue weighted by molar-refractivity contribution is 0.0544. The van der Waals surface area contributed by atoms with Crippen molar-refractivity contribution in [2.75, 3.05) is 0 Å². The predicted octanol–water partition coefficient (Wildman–Crippen LogP) is 3.75. The van der Waals surface area contributed by atoms with Crippen LogP contribution in [0.25, 0.3) is 0 Å². The summed E-state index contributed by atoms with van der Waals surface area (Å²) in [5, 5.41) is 10.4. The summed E-state index contributed by atoms with van der Waals surface area (Å²) in [5.74, 6) is 0.118. The molecular formula is C15H22O. The van der Waals surface area contributed by atoms with Crippen molar-refractivity contribution in [2.24, 2.45) is 5.41 Å². The van der Waals surface area contributed by atoms with Crippen LogP contribution in [-0.2, 0) is 0 Å². The van der Waals surface area contributed by atoms with Gasteiger partial charge < -0.3 is 5.11 Å². The van der Waals surface area contributed by atoms with Crippen molar-refractivity contribution in [3.05, 3.63) is 48.0 Å². The maximum absolute atomic E-state index is 10.4. The minimum atomic E-state index is -0.410. The van der Waals surface area contributed by atoms with Gasteiger partial charge in [-0.1, -0.05) is 63.3 Å². The Balaban J connectivity index is 2.91. The highest BCUT2D eigenvalue weighted by Crippen LogP contribution is 2.36. The predicted molar refractivity (Wildman–Crippen MR) is 69.5 cm³/mol. The van der Waals surface area contributed by atoms with Crippen molar-refractivity contribution in [1.82, 2.24) is 0 Å². The van der Waals surface area contributed by atoms with Crippen molar-refractivity contribution < 1.29 is 5.11 Å². The fourth-order valence-electron chi connectivity index (χ4n) is 1.82. The number of aliphatic hydroxyl groups is 1. The van der Waals surface area contributed by atoms with E-state index in [2.05, 4.69) is 25.6 Å². The van der Waals surface area contributed by atoms with Crippen molar-refractivity contribution in [3.63, 3.8) is 0 Å². The van der Waals surface area contributed by atoms with Crippen LogP contribution in [0.15, 0.2) is 42.5 Å². The van der Waals surface area contributed by atoms with Crippen molar-refractivity contribution in [2.45, 2.75) is 39.7 Å². The molecule has 1 heteroatoms. The first-order valence-electron chi connectivity index (χ1n) is 5.76. The number of benzene rings is 1. The Morgan fingerprint density at radius 1 is 1.25 bits per heavy atom. The van der Waals surface area contributed by atoms with E-state index in [1.54, 1.807) is 0 Å². The molecule has 1 aromatic rings. The van der Waals surface area contributed by atoms with Crippen LogP contribution in [0.2, 0.25) is 0 Å². The molecule has 0 radical (unpaired) electrons. The van der Waals surface area contributed by atoms with Crippen LogP contribution in [0, 0.1) is 5.41 Å². The standard InChI is InChI=1S/C15H22O/c1-11(2)15(4,5)14(16)12(3)13-9-7-6-8-10-13/h6-10,12,14,16H,1H2,2-5H3/t12-,14+/m1/s1. The average Bonchev–Trinajstić information content (AvgIpc) is 2.28. The third-order valence-electron chi connectivity index (χ3n) is 3.64. The first kappa shape index (κ1) is 13.0. The van der Waals surface area contributed by atoms with Crippen molar-refractivity contribution >= 4 is 0 Å². The van der Waals surface area contributed by atoms with Crippen LogP contribution >= 0.6 is 0 Å². The summed E-state index contributed by atoms with van der Waals surface area (Å²) in [6.45, 7) is 12.1. The van der Waals surface area contributed by atoms with Gasteiger partial charge in [-0.05, 0) is 12.5 Å². The molecule has 0 aromatic heterocycles. The molecule has 1 aromatic carbocycles. The van der Waals surface area contributed by atoms with Gasteiger partial charge in [0.15, 0.2) is 0 Å². The smallest absolute Gasteiger partial charge is 0.0693 e. The molecular weight excluding hydrogens is 196 g/mol. The van der Waals surface area contributed by atoms with Crippen molar-refractivity contribution in [3.8, 4) is 0 Å². The van der Waals surface area contributed by atoms with Gasteiger partial charge in [0.05, 0.1) is 6.10 Å². The number of aliphatic hydroxyl groups excluding tert-OH is 1. The fourth-order valence-corrected chi connectivity index (χ4v) is 1.82. The molecule has 1 N–H and O–H groups in total. The summed E-state index contributed by atoms with van der Waals surface area (Å²) in [6.07, 6.45) is -0.410. The summed E-state index contributed by atoms with van der Waals surface area (Å²) in [7, 11) is 0. The second-order valence-corrected chi connectivity index (χ2v) is 5.15. The molecule has 0 unspecified atom stereocenters. The Labute approximate surface area is 98.8 Å². The number of rotatable bonds is 4. The highest BCUT2D eigenvalue weighted by molar-refractivity contribution is 5.22. The van der Waals surface area contributed by atoms with Gasteiger partial charge in [0.1, 0.15) is 0 Å². The topological polar surface area (TPSA) is 20.2 Å². The second kappa shape index (κ2) is 4.84. The molecule has 0 amide bonds. The van der Waals surface area contributed by atoms with Gasteiger partial charge in [-0.25, -0.2) is 0 Å². The molecule has 0 spiro atoms. The third kappa shape index (κ3) is 2.53. The largest absolute Gasteiger partial charge is 0.392 e.